The van der Waals surface area contributed by atoms with Crippen molar-refractivity contribution in [2.45, 2.75) is 38.1 Å². The number of carbonyl (C=O) groups is 1. The van der Waals surface area contributed by atoms with Gasteiger partial charge in [-0.05, 0) is 68.3 Å². The van der Waals surface area contributed by atoms with Gasteiger partial charge >= 0.3 is 0 Å². The number of amides is 1. The van der Waals surface area contributed by atoms with Gasteiger partial charge in [-0.3, -0.25) is 4.79 Å². The summed E-state index contributed by atoms with van der Waals surface area (Å²) < 4.78 is 1.10. The number of likely N-dealkylation sites (tertiary alicyclic amines) is 1. The van der Waals surface area contributed by atoms with E-state index >= 15 is 0 Å². The van der Waals surface area contributed by atoms with E-state index in [9.17, 15) is 4.79 Å². The van der Waals surface area contributed by atoms with Crippen LogP contribution in [0.1, 0.15) is 43.7 Å². The Bertz CT molecular complexity index is 588. The minimum absolute atomic E-state index is 0. The Morgan fingerprint density at radius 1 is 1.30 bits per heavy atom. The van der Waals surface area contributed by atoms with Crippen LogP contribution in [0.2, 0.25) is 0 Å². The topological polar surface area (TPSA) is 32.3 Å². The minimum atomic E-state index is 0. The van der Waals surface area contributed by atoms with Crippen LogP contribution < -0.4 is 5.32 Å². The van der Waals surface area contributed by atoms with Gasteiger partial charge < -0.3 is 10.2 Å². The summed E-state index contributed by atoms with van der Waals surface area (Å²) >= 11 is 3.55. The highest BCUT2D eigenvalue weighted by Gasteiger charge is 2.59. The van der Waals surface area contributed by atoms with Crippen LogP contribution in [0, 0.1) is 11.3 Å². The van der Waals surface area contributed by atoms with E-state index in [2.05, 4.69) is 50.4 Å². The number of rotatable bonds is 2. The van der Waals surface area contributed by atoms with Crippen LogP contribution in [-0.4, -0.2) is 30.4 Å². The number of nitrogens with zero attached hydrogens (tertiary/aromatic N) is 1. The summed E-state index contributed by atoms with van der Waals surface area (Å²) in [6.45, 7) is 3.10. The van der Waals surface area contributed by atoms with Gasteiger partial charge in [0.1, 0.15) is 0 Å². The molecule has 1 aromatic carbocycles. The Morgan fingerprint density at radius 3 is 2.83 bits per heavy atom. The van der Waals surface area contributed by atoms with Gasteiger partial charge in [0.05, 0.1) is 6.04 Å². The van der Waals surface area contributed by atoms with Crippen molar-refractivity contribution in [3.8, 4) is 0 Å². The van der Waals surface area contributed by atoms with Crippen LogP contribution in [0.3, 0.4) is 0 Å². The summed E-state index contributed by atoms with van der Waals surface area (Å²) in [4.78, 5) is 15.2. The van der Waals surface area contributed by atoms with Crippen molar-refractivity contribution in [2.75, 3.05) is 19.6 Å². The van der Waals surface area contributed by atoms with Crippen LogP contribution in [-0.2, 0) is 4.79 Å². The van der Waals surface area contributed by atoms with Crippen molar-refractivity contribution in [1.82, 2.24) is 10.2 Å². The lowest BCUT2D eigenvalue weighted by atomic mass is 9.91. The molecule has 0 radical (unpaired) electrons. The summed E-state index contributed by atoms with van der Waals surface area (Å²) in [6, 6.07) is 8.74. The smallest absolute Gasteiger partial charge is 0.226 e. The molecule has 1 amide bonds. The Kier molecular flexibility index (Phi) is 5.05. The van der Waals surface area contributed by atoms with Gasteiger partial charge in [0.25, 0.3) is 0 Å². The van der Waals surface area contributed by atoms with E-state index in [0.29, 0.717) is 17.2 Å². The van der Waals surface area contributed by atoms with Gasteiger partial charge in [-0.15, -0.1) is 12.4 Å². The SMILES string of the molecule is Cl.O=C(C1CC12CCNCC2)N1CCCC1c1cccc(Br)c1. The lowest BCUT2D eigenvalue weighted by Crippen LogP contribution is -2.36. The first-order valence-electron chi connectivity index (χ1n) is 8.46. The standard InChI is InChI=1S/C18H23BrN2O.ClH/c19-14-4-1-3-13(11-14)16-5-2-10-21(16)17(22)15-12-18(15)6-8-20-9-7-18;/h1,3-4,11,15-16,20H,2,5-10,12H2;1H. The molecule has 1 aromatic rings. The largest absolute Gasteiger partial charge is 0.335 e. The molecule has 1 N–H and O–H groups in total. The molecule has 3 nitrogen and oxygen atoms in total. The van der Waals surface area contributed by atoms with E-state index in [1.54, 1.807) is 0 Å². The summed E-state index contributed by atoms with van der Waals surface area (Å²) in [5.74, 6) is 0.715. The molecule has 23 heavy (non-hydrogen) atoms. The highest BCUT2D eigenvalue weighted by molar-refractivity contribution is 9.10. The molecule has 2 heterocycles. The van der Waals surface area contributed by atoms with Crippen molar-refractivity contribution in [3.05, 3.63) is 34.3 Å². The molecule has 3 fully saturated rings. The molecule has 1 saturated carbocycles. The van der Waals surface area contributed by atoms with Crippen molar-refractivity contribution in [1.29, 1.82) is 0 Å². The van der Waals surface area contributed by atoms with Crippen molar-refractivity contribution >= 4 is 34.2 Å². The van der Waals surface area contributed by atoms with Crippen LogP contribution in [0.25, 0.3) is 0 Å². The summed E-state index contributed by atoms with van der Waals surface area (Å²) in [5.41, 5.74) is 1.62. The molecule has 0 aromatic heterocycles. The number of halogens is 2. The molecule has 2 atom stereocenters. The Balaban J connectivity index is 0.00000156. The highest BCUT2D eigenvalue weighted by atomic mass is 79.9. The molecule has 3 aliphatic rings. The number of benzene rings is 1. The molecular formula is C18H24BrClN2O. The lowest BCUT2D eigenvalue weighted by molar-refractivity contribution is -0.134. The fraction of sp³-hybridized carbons (Fsp3) is 0.611. The maximum atomic E-state index is 13.0. The summed E-state index contributed by atoms with van der Waals surface area (Å²) in [7, 11) is 0. The zero-order chi connectivity index (χ0) is 15.2. The van der Waals surface area contributed by atoms with Crippen LogP contribution in [0.4, 0.5) is 0 Å². The second-order valence-corrected chi connectivity index (χ2v) is 8.03. The zero-order valence-corrected chi connectivity index (χ0v) is 15.7. The third-order valence-electron chi connectivity index (χ3n) is 5.86. The maximum Gasteiger partial charge on any atom is 0.226 e. The first-order valence-corrected chi connectivity index (χ1v) is 9.26. The van der Waals surface area contributed by atoms with E-state index in [1.807, 2.05) is 0 Å². The monoisotopic (exact) mass is 398 g/mol. The maximum absolute atomic E-state index is 13.0. The third kappa shape index (κ3) is 3.18. The summed E-state index contributed by atoms with van der Waals surface area (Å²) in [6.07, 6.45) is 5.71. The minimum Gasteiger partial charge on any atom is -0.335 e. The van der Waals surface area contributed by atoms with Gasteiger partial charge in [-0.1, -0.05) is 28.1 Å². The molecule has 4 rings (SSSR count). The molecule has 5 heteroatoms. The van der Waals surface area contributed by atoms with Gasteiger partial charge in [-0.2, -0.15) is 0 Å². The number of piperidine rings is 1. The van der Waals surface area contributed by atoms with E-state index in [1.165, 1.54) is 18.4 Å². The van der Waals surface area contributed by atoms with E-state index in [0.717, 1.165) is 43.4 Å². The highest BCUT2D eigenvalue weighted by Crippen LogP contribution is 2.59. The predicted molar refractivity (Wildman–Crippen MR) is 97.7 cm³/mol. The Morgan fingerprint density at radius 2 is 2.09 bits per heavy atom. The molecule has 2 saturated heterocycles. The normalized spacial score (nSPS) is 28.5. The van der Waals surface area contributed by atoms with Gasteiger partial charge in [-0.25, -0.2) is 0 Å². The van der Waals surface area contributed by atoms with Crippen LogP contribution in [0.5, 0.6) is 0 Å². The fourth-order valence-corrected chi connectivity index (χ4v) is 4.88. The first-order chi connectivity index (χ1) is 10.7. The molecule has 0 bridgehead atoms. The second kappa shape index (κ2) is 6.73. The fourth-order valence-electron chi connectivity index (χ4n) is 4.47. The first kappa shape index (κ1) is 17.2. The molecule has 1 aliphatic carbocycles. The van der Waals surface area contributed by atoms with Gasteiger partial charge in [0.15, 0.2) is 0 Å². The average molecular weight is 400 g/mol. The second-order valence-electron chi connectivity index (χ2n) is 7.11. The average Bonchev–Trinajstić information content (AvgIpc) is 2.99. The lowest BCUT2D eigenvalue weighted by Gasteiger charge is -2.28. The predicted octanol–water partition coefficient (Wildman–Crippen LogP) is 3.92. The third-order valence-corrected chi connectivity index (χ3v) is 6.35. The van der Waals surface area contributed by atoms with E-state index < -0.39 is 0 Å². The van der Waals surface area contributed by atoms with Crippen molar-refractivity contribution < 1.29 is 4.79 Å². The van der Waals surface area contributed by atoms with E-state index in [-0.39, 0.29) is 18.4 Å². The van der Waals surface area contributed by atoms with Gasteiger partial charge in [0.2, 0.25) is 5.91 Å². The quantitative estimate of drug-likeness (QED) is 0.817. The van der Waals surface area contributed by atoms with Crippen LogP contribution >= 0.6 is 28.3 Å². The molecule has 1 spiro atoms. The number of nitrogens with one attached hydrogen (secondary N) is 1. The number of carbonyl (C=O) groups excluding carboxylic acids is 1. The molecule has 2 aliphatic heterocycles. The molecule has 126 valence electrons. The van der Waals surface area contributed by atoms with Crippen molar-refractivity contribution in [2.24, 2.45) is 11.3 Å². The Labute approximate surface area is 152 Å². The molecule has 2 unspecified atom stereocenters. The molecular weight excluding hydrogens is 376 g/mol. The Hall–Kier alpha value is -0.580. The zero-order valence-electron chi connectivity index (χ0n) is 13.3. The number of hydrogen-bond acceptors (Lipinski definition) is 2. The van der Waals surface area contributed by atoms with Crippen LogP contribution in [0.15, 0.2) is 28.7 Å². The van der Waals surface area contributed by atoms with Crippen molar-refractivity contribution in [3.63, 3.8) is 0 Å². The summed E-state index contributed by atoms with van der Waals surface area (Å²) in [5, 5.41) is 3.42. The van der Waals surface area contributed by atoms with E-state index in [4.69, 9.17) is 0 Å². The van der Waals surface area contributed by atoms with Gasteiger partial charge in [0, 0.05) is 16.9 Å². The number of hydrogen-bond donors (Lipinski definition) is 1.